The topological polar surface area (TPSA) is 42.2 Å². The van der Waals surface area contributed by atoms with Gasteiger partial charge in [-0.3, -0.25) is 4.79 Å². The lowest BCUT2D eigenvalue weighted by Crippen LogP contribution is -2.34. The summed E-state index contributed by atoms with van der Waals surface area (Å²) in [7, 11) is 0. The van der Waals surface area contributed by atoms with Crippen molar-refractivity contribution in [3.63, 3.8) is 0 Å². The molecule has 1 aliphatic carbocycles. The first kappa shape index (κ1) is 25.1. The summed E-state index contributed by atoms with van der Waals surface area (Å²) in [5.41, 5.74) is 5.31. The summed E-state index contributed by atoms with van der Waals surface area (Å²) in [5, 5.41) is 2.71. The van der Waals surface area contributed by atoms with Crippen molar-refractivity contribution in [3.05, 3.63) is 93.4 Å². The number of halogens is 3. The molecule has 0 spiro atoms. The molecule has 1 heterocycles. The van der Waals surface area contributed by atoms with Gasteiger partial charge in [-0.15, -0.1) is 0 Å². The Labute approximate surface area is 204 Å². The van der Waals surface area contributed by atoms with E-state index in [0.29, 0.717) is 17.7 Å². The zero-order valence-corrected chi connectivity index (χ0v) is 20.9. The largest absolute Gasteiger partial charge is 0.456 e. The van der Waals surface area contributed by atoms with E-state index in [1.54, 1.807) is 12.1 Å². The third-order valence-electron chi connectivity index (χ3n) is 7.29. The summed E-state index contributed by atoms with van der Waals surface area (Å²) in [6, 6.07) is 12.8. The summed E-state index contributed by atoms with van der Waals surface area (Å²) >= 11 is 0. The molecule has 3 aromatic rings. The minimum absolute atomic E-state index is 0.111. The number of amides is 1. The first-order valence-electron chi connectivity index (χ1n) is 11.9. The zero-order chi connectivity index (χ0) is 25.6. The third kappa shape index (κ3) is 5.31. The van der Waals surface area contributed by atoms with Crippen molar-refractivity contribution in [2.75, 3.05) is 0 Å². The number of fused-ring (bicyclic) bond motifs is 1. The Morgan fingerprint density at radius 2 is 1.54 bits per heavy atom. The summed E-state index contributed by atoms with van der Waals surface area (Å²) in [5.74, 6) is 0.478. The van der Waals surface area contributed by atoms with Crippen molar-refractivity contribution in [2.45, 2.75) is 77.4 Å². The van der Waals surface area contributed by atoms with Gasteiger partial charge in [-0.05, 0) is 82.7 Å². The first-order chi connectivity index (χ1) is 16.3. The van der Waals surface area contributed by atoms with Crippen molar-refractivity contribution < 1.29 is 22.4 Å². The quantitative estimate of drug-likeness (QED) is 0.409. The number of benzene rings is 2. The highest BCUT2D eigenvalue weighted by Gasteiger charge is 2.37. The highest BCUT2D eigenvalue weighted by Crippen LogP contribution is 2.46. The fourth-order valence-electron chi connectivity index (χ4n) is 4.82. The van der Waals surface area contributed by atoms with Crippen molar-refractivity contribution in [2.24, 2.45) is 0 Å². The second-order valence-corrected chi connectivity index (χ2v) is 10.9. The molecule has 1 aliphatic rings. The maximum atomic E-state index is 12.7. The lowest BCUT2D eigenvalue weighted by Gasteiger charge is -2.42. The predicted octanol–water partition coefficient (Wildman–Crippen LogP) is 7.48. The van der Waals surface area contributed by atoms with E-state index < -0.39 is 17.6 Å². The van der Waals surface area contributed by atoms with Crippen LogP contribution in [-0.4, -0.2) is 5.91 Å². The van der Waals surface area contributed by atoms with Crippen LogP contribution in [0.25, 0.3) is 0 Å². The van der Waals surface area contributed by atoms with Crippen LogP contribution in [0, 0.1) is 6.92 Å². The fraction of sp³-hybridized carbons (Fsp3) is 0.414. The van der Waals surface area contributed by atoms with Gasteiger partial charge in [0.2, 0.25) is 0 Å². The van der Waals surface area contributed by atoms with Gasteiger partial charge in [0, 0.05) is 13.0 Å². The average molecular weight is 484 g/mol. The van der Waals surface area contributed by atoms with Gasteiger partial charge in [0.1, 0.15) is 5.76 Å². The standard InChI is InChI=1S/C29H32F3NO2/c1-18-14-23-24(28(4,5)13-12-27(23,2)3)16-20(18)15-22-10-11-25(35-22)26(34)33-17-19-6-8-21(9-7-19)29(30,31)32/h6-11,14,16H,12-13,15,17H2,1-5H3,(H,33,34). The Hall–Kier alpha value is -3.02. The molecule has 0 aliphatic heterocycles. The lowest BCUT2D eigenvalue weighted by atomic mass is 9.62. The Bertz CT molecular complexity index is 1230. The molecule has 1 aromatic heterocycles. The van der Waals surface area contributed by atoms with Crippen molar-refractivity contribution in [1.29, 1.82) is 0 Å². The molecule has 4 rings (SSSR count). The van der Waals surface area contributed by atoms with E-state index in [0.717, 1.165) is 25.0 Å². The van der Waals surface area contributed by atoms with Gasteiger partial charge >= 0.3 is 6.18 Å². The Kier molecular flexibility index (Phi) is 6.37. The van der Waals surface area contributed by atoms with Crippen LogP contribution in [0.15, 0.2) is 52.9 Å². The number of carbonyl (C=O) groups excluding carboxylic acids is 1. The van der Waals surface area contributed by atoms with Gasteiger partial charge in [-0.25, -0.2) is 0 Å². The molecular weight excluding hydrogens is 451 g/mol. The molecular formula is C29H32F3NO2. The average Bonchev–Trinajstić information content (AvgIpc) is 3.25. The van der Waals surface area contributed by atoms with Crippen LogP contribution < -0.4 is 5.32 Å². The minimum atomic E-state index is -4.38. The number of aryl methyl sites for hydroxylation is 1. The minimum Gasteiger partial charge on any atom is -0.456 e. The second kappa shape index (κ2) is 8.89. The summed E-state index contributed by atoms with van der Waals surface area (Å²) in [4.78, 5) is 12.5. The van der Waals surface area contributed by atoms with Crippen molar-refractivity contribution in [1.82, 2.24) is 5.32 Å². The molecule has 1 N–H and O–H groups in total. The smallest absolute Gasteiger partial charge is 0.416 e. The van der Waals surface area contributed by atoms with Crippen LogP contribution in [0.5, 0.6) is 0 Å². The molecule has 0 atom stereocenters. The van der Waals surface area contributed by atoms with Gasteiger partial charge in [0.15, 0.2) is 5.76 Å². The maximum Gasteiger partial charge on any atom is 0.416 e. The number of rotatable bonds is 5. The van der Waals surface area contributed by atoms with Crippen LogP contribution in [0.3, 0.4) is 0 Å². The SMILES string of the molecule is Cc1cc2c(cc1Cc1ccc(C(=O)NCc3ccc(C(F)(F)F)cc3)o1)C(C)(C)CCC2(C)C. The van der Waals surface area contributed by atoms with Crippen molar-refractivity contribution in [3.8, 4) is 0 Å². The van der Waals surface area contributed by atoms with E-state index in [9.17, 15) is 18.0 Å². The highest BCUT2D eigenvalue weighted by atomic mass is 19.4. The molecule has 3 nitrogen and oxygen atoms in total. The van der Waals surface area contributed by atoms with E-state index in [1.807, 2.05) is 0 Å². The van der Waals surface area contributed by atoms with Gasteiger partial charge in [0.25, 0.3) is 5.91 Å². The molecule has 6 heteroatoms. The van der Waals surface area contributed by atoms with E-state index in [2.05, 4.69) is 52.1 Å². The number of nitrogens with one attached hydrogen (secondary N) is 1. The third-order valence-corrected chi connectivity index (χ3v) is 7.29. The summed E-state index contributed by atoms with van der Waals surface area (Å²) in [6.45, 7) is 11.4. The van der Waals surface area contributed by atoms with E-state index in [4.69, 9.17) is 4.42 Å². The van der Waals surface area contributed by atoms with Gasteiger partial charge in [0.05, 0.1) is 5.56 Å². The van der Waals surface area contributed by atoms with Gasteiger partial charge < -0.3 is 9.73 Å². The predicted molar refractivity (Wildman–Crippen MR) is 131 cm³/mol. The number of hydrogen-bond acceptors (Lipinski definition) is 2. The molecule has 1 amide bonds. The Morgan fingerprint density at radius 1 is 0.943 bits per heavy atom. The summed E-state index contributed by atoms with van der Waals surface area (Å²) in [6.07, 6.45) is -1.50. The highest BCUT2D eigenvalue weighted by molar-refractivity contribution is 5.91. The second-order valence-electron chi connectivity index (χ2n) is 10.9. The molecule has 0 fully saturated rings. The number of hydrogen-bond donors (Lipinski definition) is 1. The summed E-state index contributed by atoms with van der Waals surface area (Å²) < 4.78 is 44.0. The normalized spacial score (nSPS) is 16.6. The number of carbonyl (C=O) groups is 1. The number of furan rings is 1. The zero-order valence-electron chi connectivity index (χ0n) is 20.9. The van der Waals surface area contributed by atoms with Crippen LogP contribution in [-0.2, 0) is 30.0 Å². The molecule has 0 saturated carbocycles. The maximum absolute atomic E-state index is 12.7. The molecule has 186 valence electrons. The van der Waals surface area contributed by atoms with Gasteiger partial charge in [-0.2, -0.15) is 13.2 Å². The molecule has 0 bridgehead atoms. The van der Waals surface area contributed by atoms with E-state index >= 15 is 0 Å². The Balaban J connectivity index is 1.45. The molecule has 0 saturated heterocycles. The monoisotopic (exact) mass is 483 g/mol. The number of alkyl halides is 3. The van der Waals surface area contributed by atoms with Crippen molar-refractivity contribution >= 4 is 5.91 Å². The molecule has 0 radical (unpaired) electrons. The van der Waals surface area contributed by atoms with E-state index in [1.165, 1.54) is 34.4 Å². The van der Waals surface area contributed by atoms with Crippen LogP contribution in [0.4, 0.5) is 13.2 Å². The Morgan fingerprint density at radius 3 is 2.14 bits per heavy atom. The molecule has 35 heavy (non-hydrogen) atoms. The van der Waals surface area contributed by atoms with Crippen LogP contribution >= 0.6 is 0 Å². The fourth-order valence-corrected chi connectivity index (χ4v) is 4.82. The van der Waals surface area contributed by atoms with Crippen LogP contribution in [0.2, 0.25) is 0 Å². The molecule has 0 unspecified atom stereocenters. The van der Waals surface area contributed by atoms with E-state index in [-0.39, 0.29) is 23.1 Å². The van der Waals surface area contributed by atoms with Gasteiger partial charge in [-0.1, -0.05) is 52.0 Å². The van der Waals surface area contributed by atoms with Crippen LogP contribution in [0.1, 0.15) is 90.2 Å². The first-order valence-corrected chi connectivity index (χ1v) is 11.9. The molecule has 2 aromatic carbocycles. The lowest BCUT2D eigenvalue weighted by molar-refractivity contribution is -0.137.